The lowest BCUT2D eigenvalue weighted by atomic mass is 10.3. The van der Waals surface area contributed by atoms with Crippen molar-refractivity contribution in [1.82, 2.24) is 14.9 Å². The number of anilines is 1. The van der Waals surface area contributed by atoms with Crippen molar-refractivity contribution in [3.05, 3.63) is 28.8 Å². The van der Waals surface area contributed by atoms with Crippen LogP contribution in [0.4, 0.5) is 5.69 Å². The third kappa shape index (κ3) is 3.08. The number of aromatic nitrogens is 2. The average molecular weight is 363 g/mol. The molecule has 10 heteroatoms. The Hall–Kier alpha value is -1.65. The fourth-order valence-electron chi connectivity index (χ4n) is 1.43. The largest absolute Gasteiger partial charge is 0.495 e. The van der Waals surface area contributed by atoms with Gasteiger partial charge in [-0.2, -0.15) is 4.98 Å². The molecule has 0 atom stereocenters. The highest BCUT2D eigenvalue weighted by molar-refractivity contribution is 9.10. The van der Waals surface area contributed by atoms with E-state index in [-0.39, 0.29) is 28.7 Å². The average Bonchev–Trinajstić information content (AvgIpc) is 2.92. The molecule has 0 aliphatic heterocycles. The minimum atomic E-state index is -3.82. The zero-order valence-corrected chi connectivity index (χ0v) is 12.7. The van der Waals surface area contributed by atoms with E-state index >= 15 is 0 Å². The van der Waals surface area contributed by atoms with E-state index in [1.54, 1.807) is 0 Å². The fraction of sp³-hybridized carbons (Fsp3) is 0.200. The molecule has 108 valence electrons. The zero-order chi connectivity index (χ0) is 14.8. The van der Waals surface area contributed by atoms with Crippen molar-refractivity contribution in [3.63, 3.8) is 0 Å². The van der Waals surface area contributed by atoms with Gasteiger partial charge in [-0.1, -0.05) is 5.16 Å². The number of sulfonamides is 1. The van der Waals surface area contributed by atoms with Gasteiger partial charge in [0.2, 0.25) is 16.4 Å². The molecule has 0 bridgehead atoms. The second-order valence-corrected chi connectivity index (χ2v) is 6.29. The van der Waals surface area contributed by atoms with Crippen LogP contribution < -0.4 is 15.2 Å². The topological polar surface area (TPSA) is 120 Å². The summed E-state index contributed by atoms with van der Waals surface area (Å²) in [7, 11) is -2.44. The molecular formula is C10H11BrN4O4S. The molecule has 0 saturated carbocycles. The second-order valence-electron chi connectivity index (χ2n) is 3.70. The summed E-state index contributed by atoms with van der Waals surface area (Å²) in [4.78, 5) is 3.65. The smallest absolute Gasteiger partial charge is 0.244 e. The predicted octanol–water partition coefficient (Wildman–Crippen LogP) is 0.901. The van der Waals surface area contributed by atoms with Gasteiger partial charge in [-0.15, -0.1) is 0 Å². The van der Waals surface area contributed by atoms with Crippen LogP contribution in [0, 0.1) is 0 Å². The first-order valence-electron chi connectivity index (χ1n) is 5.32. The van der Waals surface area contributed by atoms with Gasteiger partial charge < -0.3 is 15.0 Å². The van der Waals surface area contributed by atoms with E-state index in [1.165, 1.54) is 19.2 Å². The Morgan fingerprint density at radius 2 is 2.25 bits per heavy atom. The maximum atomic E-state index is 12.2. The van der Waals surface area contributed by atoms with Crippen LogP contribution in [0.25, 0.3) is 0 Å². The third-order valence-electron chi connectivity index (χ3n) is 2.40. The molecule has 1 heterocycles. The summed E-state index contributed by atoms with van der Waals surface area (Å²) in [6.07, 6.45) is 1.11. The molecule has 3 N–H and O–H groups in total. The van der Waals surface area contributed by atoms with Crippen molar-refractivity contribution in [3.8, 4) is 5.75 Å². The van der Waals surface area contributed by atoms with Gasteiger partial charge in [0, 0.05) is 10.2 Å². The molecule has 0 radical (unpaired) electrons. The zero-order valence-electron chi connectivity index (χ0n) is 10.3. The predicted molar refractivity (Wildman–Crippen MR) is 73.4 cm³/mol. The van der Waals surface area contributed by atoms with E-state index in [9.17, 15) is 8.42 Å². The normalized spacial score (nSPS) is 11.5. The SMILES string of the molecule is COc1cc(Br)c(N)cc1S(=O)(=O)NCc1ncon1. The van der Waals surface area contributed by atoms with Gasteiger partial charge in [0.15, 0.2) is 5.82 Å². The van der Waals surface area contributed by atoms with Crippen molar-refractivity contribution in [2.24, 2.45) is 0 Å². The van der Waals surface area contributed by atoms with Gasteiger partial charge in [0.1, 0.15) is 10.6 Å². The van der Waals surface area contributed by atoms with Crippen LogP contribution in [-0.4, -0.2) is 25.7 Å². The first-order valence-corrected chi connectivity index (χ1v) is 7.59. The highest BCUT2D eigenvalue weighted by Gasteiger charge is 2.21. The maximum absolute atomic E-state index is 12.2. The molecule has 2 rings (SSSR count). The molecule has 8 nitrogen and oxygen atoms in total. The number of benzene rings is 1. The fourth-order valence-corrected chi connectivity index (χ4v) is 2.91. The number of nitrogen functional groups attached to an aromatic ring is 1. The van der Waals surface area contributed by atoms with Crippen LogP contribution in [0.3, 0.4) is 0 Å². The monoisotopic (exact) mass is 362 g/mol. The maximum Gasteiger partial charge on any atom is 0.244 e. The lowest BCUT2D eigenvalue weighted by Crippen LogP contribution is -2.24. The van der Waals surface area contributed by atoms with E-state index in [0.29, 0.717) is 4.47 Å². The van der Waals surface area contributed by atoms with E-state index in [0.717, 1.165) is 6.39 Å². The van der Waals surface area contributed by atoms with Crippen LogP contribution in [-0.2, 0) is 16.6 Å². The van der Waals surface area contributed by atoms with Crippen LogP contribution in [0.1, 0.15) is 5.82 Å². The van der Waals surface area contributed by atoms with Crippen LogP contribution >= 0.6 is 15.9 Å². The minimum Gasteiger partial charge on any atom is -0.495 e. The Balaban J connectivity index is 2.31. The quantitative estimate of drug-likeness (QED) is 0.757. The number of nitrogens with zero attached hydrogens (tertiary/aromatic N) is 2. The Bertz CT molecular complexity index is 702. The van der Waals surface area contributed by atoms with Gasteiger partial charge >= 0.3 is 0 Å². The Morgan fingerprint density at radius 3 is 2.85 bits per heavy atom. The van der Waals surface area contributed by atoms with Crippen molar-refractivity contribution in [2.45, 2.75) is 11.4 Å². The Morgan fingerprint density at radius 1 is 1.50 bits per heavy atom. The molecule has 0 aliphatic carbocycles. The molecule has 0 fully saturated rings. The van der Waals surface area contributed by atoms with Crippen molar-refractivity contribution in [1.29, 1.82) is 0 Å². The molecular weight excluding hydrogens is 352 g/mol. The van der Waals surface area contributed by atoms with Gasteiger partial charge in [0.05, 0.1) is 13.7 Å². The van der Waals surface area contributed by atoms with Crippen LogP contribution in [0.2, 0.25) is 0 Å². The molecule has 0 spiro atoms. The number of ether oxygens (including phenoxy) is 1. The molecule has 1 aromatic heterocycles. The third-order valence-corrected chi connectivity index (χ3v) is 4.51. The van der Waals surface area contributed by atoms with E-state index in [2.05, 4.69) is 35.3 Å². The summed E-state index contributed by atoms with van der Waals surface area (Å²) >= 11 is 3.21. The van der Waals surface area contributed by atoms with Gasteiger partial charge in [-0.05, 0) is 28.1 Å². The molecule has 2 aromatic rings. The number of hydrogen-bond acceptors (Lipinski definition) is 7. The minimum absolute atomic E-state index is 0.0656. The summed E-state index contributed by atoms with van der Waals surface area (Å²) in [5.74, 6) is 0.393. The molecule has 20 heavy (non-hydrogen) atoms. The molecule has 0 saturated heterocycles. The van der Waals surface area contributed by atoms with Crippen molar-refractivity contribution in [2.75, 3.05) is 12.8 Å². The van der Waals surface area contributed by atoms with Crippen molar-refractivity contribution >= 4 is 31.6 Å². The van der Waals surface area contributed by atoms with Crippen LogP contribution in [0.5, 0.6) is 5.75 Å². The first-order chi connectivity index (χ1) is 9.44. The van der Waals surface area contributed by atoms with Gasteiger partial charge in [-0.25, -0.2) is 13.1 Å². The summed E-state index contributed by atoms with van der Waals surface area (Å²) in [6, 6.07) is 2.79. The number of methoxy groups -OCH3 is 1. The summed E-state index contributed by atoms with van der Waals surface area (Å²) < 4.78 is 36.9. The molecule has 0 unspecified atom stereocenters. The summed E-state index contributed by atoms with van der Waals surface area (Å²) in [5, 5.41) is 3.51. The highest BCUT2D eigenvalue weighted by atomic mass is 79.9. The van der Waals surface area contributed by atoms with Gasteiger partial charge in [0.25, 0.3) is 0 Å². The van der Waals surface area contributed by atoms with Gasteiger partial charge in [-0.3, -0.25) is 0 Å². The number of nitrogens with two attached hydrogens (primary N) is 1. The lowest BCUT2D eigenvalue weighted by Gasteiger charge is -2.11. The number of hydrogen-bond donors (Lipinski definition) is 2. The Labute approximate surface area is 123 Å². The Kier molecular flexibility index (Phi) is 4.26. The molecule has 0 amide bonds. The first kappa shape index (κ1) is 14.8. The highest BCUT2D eigenvalue weighted by Crippen LogP contribution is 2.32. The van der Waals surface area contributed by atoms with Crippen molar-refractivity contribution < 1.29 is 17.7 Å². The van der Waals surface area contributed by atoms with E-state index in [1.807, 2.05) is 0 Å². The molecule has 0 aliphatic rings. The van der Waals surface area contributed by atoms with E-state index in [4.69, 9.17) is 10.5 Å². The standard InChI is InChI=1S/C10H11BrN4O4S/c1-18-8-2-6(11)7(12)3-9(8)20(16,17)14-4-10-13-5-19-15-10/h2-3,5,14H,4,12H2,1H3. The summed E-state index contributed by atoms with van der Waals surface area (Å²) in [5.41, 5.74) is 5.98. The van der Waals surface area contributed by atoms with E-state index < -0.39 is 10.0 Å². The molecule has 1 aromatic carbocycles. The second kappa shape index (κ2) is 5.77. The number of rotatable bonds is 5. The number of nitrogens with one attached hydrogen (secondary N) is 1. The number of halogens is 1. The summed E-state index contributed by atoms with van der Waals surface area (Å²) in [6.45, 7) is -0.0992. The lowest BCUT2D eigenvalue weighted by molar-refractivity contribution is 0.401. The van der Waals surface area contributed by atoms with Crippen LogP contribution in [0.15, 0.2) is 32.4 Å².